The molecule has 0 aromatic carbocycles. The van der Waals surface area contributed by atoms with Crippen LogP contribution in [0, 0.1) is 5.92 Å². The highest BCUT2D eigenvalue weighted by Gasteiger charge is 2.40. The smallest absolute Gasteiger partial charge is 0.237 e. The van der Waals surface area contributed by atoms with Crippen LogP contribution in [0.3, 0.4) is 0 Å². The zero-order valence-corrected chi connectivity index (χ0v) is 14.7. The standard InChI is InChI=1S/C16H29ClN2O4/c1-3-4-10-7-12(19(2)9-10)16(22)18-11(8-17)15-14(21)13(20)5-6-23-15/h10-15,20-21H,3-9H2,1-2H3,(H,18,22)/t10-,11?,12+,13-,14-,15-/m1/s1. The van der Waals surface area contributed by atoms with Crippen molar-refractivity contribution in [1.29, 1.82) is 0 Å². The van der Waals surface area contributed by atoms with Crippen LogP contribution in [-0.2, 0) is 9.53 Å². The number of nitrogens with zero attached hydrogens (tertiary/aromatic N) is 1. The Kier molecular flexibility index (Phi) is 7.10. The van der Waals surface area contributed by atoms with E-state index in [-0.39, 0.29) is 17.8 Å². The van der Waals surface area contributed by atoms with Crippen LogP contribution in [0.5, 0.6) is 0 Å². The van der Waals surface area contributed by atoms with Crippen molar-refractivity contribution in [3.63, 3.8) is 0 Å². The van der Waals surface area contributed by atoms with Gasteiger partial charge in [-0.05, 0) is 32.2 Å². The summed E-state index contributed by atoms with van der Waals surface area (Å²) in [5.41, 5.74) is 0. The molecule has 0 aromatic rings. The zero-order valence-electron chi connectivity index (χ0n) is 13.9. The molecule has 2 aliphatic heterocycles. The van der Waals surface area contributed by atoms with Crippen molar-refractivity contribution in [2.75, 3.05) is 26.1 Å². The minimum Gasteiger partial charge on any atom is -0.390 e. The van der Waals surface area contributed by atoms with Gasteiger partial charge < -0.3 is 20.3 Å². The third kappa shape index (κ3) is 4.57. The average molecular weight is 349 g/mol. The van der Waals surface area contributed by atoms with Gasteiger partial charge >= 0.3 is 0 Å². The van der Waals surface area contributed by atoms with Crippen molar-refractivity contribution in [1.82, 2.24) is 10.2 Å². The highest BCUT2D eigenvalue weighted by Crippen LogP contribution is 2.26. The number of halogens is 1. The first-order valence-electron chi connectivity index (χ1n) is 8.52. The van der Waals surface area contributed by atoms with Gasteiger partial charge in [0.2, 0.25) is 5.91 Å². The van der Waals surface area contributed by atoms with Crippen molar-refractivity contribution in [2.24, 2.45) is 5.92 Å². The van der Waals surface area contributed by atoms with Crippen LogP contribution < -0.4 is 5.32 Å². The molecule has 7 heteroatoms. The second kappa shape index (κ2) is 8.62. The number of likely N-dealkylation sites (N-methyl/N-ethyl adjacent to an activating group) is 1. The lowest BCUT2D eigenvalue weighted by atomic mass is 9.96. The SMILES string of the molecule is CCC[C@@H]1C[C@@H](C(=O)NC(CCl)[C@H]2OCC[C@@H](O)[C@H]2O)N(C)C1. The number of ether oxygens (including phenoxy) is 1. The van der Waals surface area contributed by atoms with Crippen LogP contribution in [0.25, 0.3) is 0 Å². The normalized spacial score (nSPS) is 36.8. The number of hydrogen-bond acceptors (Lipinski definition) is 5. The Bertz CT molecular complexity index is 398. The number of likely N-dealkylation sites (tertiary alicyclic amines) is 1. The first kappa shape index (κ1) is 18.9. The molecule has 1 unspecified atom stereocenters. The van der Waals surface area contributed by atoms with Crippen molar-refractivity contribution in [3.05, 3.63) is 0 Å². The molecule has 3 N–H and O–H groups in total. The first-order valence-corrected chi connectivity index (χ1v) is 9.05. The Morgan fingerprint density at radius 2 is 2.22 bits per heavy atom. The molecule has 0 saturated carbocycles. The summed E-state index contributed by atoms with van der Waals surface area (Å²) in [6, 6.07) is -0.671. The molecule has 0 aromatic heterocycles. The van der Waals surface area contributed by atoms with E-state index in [0.717, 1.165) is 25.8 Å². The fourth-order valence-corrected chi connectivity index (χ4v) is 3.94. The number of carbonyl (C=O) groups excluding carboxylic acids is 1. The molecule has 0 bridgehead atoms. The zero-order chi connectivity index (χ0) is 17.0. The van der Waals surface area contributed by atoms with E-state index in [0.29, 0.717) is 18.9 Å². The van der Waals surface area contributed by atoms with Crippen LogP contribution in [0.2, 0.25) is 0 Å². The first-order chi connectivity index (χ1) is 11.0. The van der Waals surface area contributed by atoms with Gasteiger partial charge in [-0.25, -0.2) is 0 Å². The Morgan fingerprint density at radius 1 is 1.48 bits per heavy atom. The van der Waals surface area contributed by atoms with Crippen molar-refractivity contribution < 1.29 is 19.7 Å². The highest BCUT2D eigenvalue weighted by atomic mass is 35.5. The van der Waals surface area contributed by atoms with Gasteiger partial charge in [-0.2, -0.15) is 0 Å². The number of alkyl halides is 1. The minimum atomic E-state index is -1.03. The summed E-state index contributed by atoms with van der Waals surface area (Å²) in [6.45, 7) is 3.44. The summed E-state index contributed by atoms with van der Waals surface area (Å²) in [6.07, 6.45) is 0.965. The molecular formula is C16H29ClN2O4. The summed E-state index contributed by atoms with van der Waals surface area (Å²) in [5.74, 6) is 0.607. The number of nitrogens with one attached hydrogen (secondary N) is 1. The number of hydrogen-bond donors (Lipinski definition) is 3. The number of amides is 1. The molecule has 2 fully saturated rings. The fraction of sp³-hybridized carbons (Fsp3) is 0.938. The fourth-order valence-electron chi connectivity index (χ4n) is 3.68. The van der Waals surface area contributed by atoms with Gasteiger partial charge in [0, 0.05) is 19.0 Å². The number of carbonyl (C=O) groups is 1. The Morgan fingerprint density at radius 3 is 2.87 bits per heavy atom. The molecule has 6 atom stereocenters. The molecule has 2 heterocycles. The van der Waals surface area contributed by atoms with Gasteiger partial charge in [0.1, 0.15) is 12.2 Å². The van der Waals surface area contributed by atoms with Crippen LogP contribution in [0.15, 0.2) is 0 Å². The van der Waals surface area contributed by atoms with Crippen LogP contribution in [-0.4, -0.2) is 77.5 Å². The second-order valence-electron chi connectivity index (χ2n) is 6.80. The molecular weight excluding hydrogens is 320 g/mol. The summed E-state index contributed by atoms with van der Waals surface area (Å²) in [7, 11) is 1.96. The number of aliphatic hydroxyl groups is 2. The molecule has 0 spiro atoms. The van der Waals surface area contributed by atoms with Gasteiger partial charge in [0.15, 0.2) is 0 Å². The quantitative estimate of drug-likeness (QED) is 0.603. The lowest BCUT2D eigenvalue weighted by molar-refractivity contribution is -0.148. The van der Waals surface area contributed by atoms with Crippen LogP contribution in [0.4, 0.5) is 0 Å². The molecule has 1 amide bonds. The third-order valence-corrected chi connectivity index (χ3v) is 5.31. The van der Waals surface area contributed by atoms with Gasteiger partial charge in [-0.3, -0.25) is 9.69 Å². The summed E-state index contributed by atoms with van der Waals surface area (Å²) >= 11 is 5.98. The van der Waals surface area contributed by atoms with Crippen LogP contribution in [0.1, 0.15) is 32.6 Å². The van der Waals surface area contributed by atoms with Gasteiger partial charge in [-0.15, -0.1) is 11.6 Å². The Labute approximate surface area is 143 Å². The summed E-state index contributed by atoms with van der Waals surface area (Å²) in [5, 5.41) is 22.8. The predicted molar refractivity (Wildman–Crippen MR) is 88.5 cm³/mol. The molecule has 6 nitrogen and oxygen atoms in total. The molecule has 2 aliphatic rings. The van der Waals surface area contributed by atoms with Crippen molar-refractivity contribution in [3.8, 4) is 0 Å². The number of rotatable bonds is 6. The monoisotopic (exact) mass is 348 g/mol. The van der Waals surface area contributed by atoms with E-state index in [1.165, 1.54) is 0 Å². The van der Waals surface area contributed by atoms with E-state index >= 15 is 0 Å². The summed E-state index contributed by atoms with van der Waals surface area (Å²) in [4.78, 5) is 14.7. The van der Waals surface area contributed by atoms with E-state index in [4.69, 9.17) is 16.3 Å². The van der Waals surface area contributed by atoms with Crippen molar-refractivity contribution in [2.45, 2.75) is 63.0 Å². The minimum absolute atomic E-state index is 0.0763. The van der Waals surface area contributed by atoms with E-state index < -0.39 is 24.4 Å². The molecule has 2 rings (SSSR count). The molecule has 23 heavy (non-hydrogen) atoms. The summed E-state index contributed by atoms with van der Waals surface area (Å²) < 4.78 is 5.54. The maximum absolute atomic E-state index is 12.6. The topological polar surface area (TPSA) is 82.0 Å². The maximum atomic E-state index is 12.6. The van der Waals surface area contributed by atoms with Gasteiger partial charge in [0.25, 0.3) is 0 Å². The molecule has 134 valence electrons. The van der Waals surface area contributed by atoms with E-state index in [1.54, 1.807) is 0 Å². The lowest BCUT2D eigenvalue weighted by Crippen LogP contribution is -2.58. The predicted octanol–water partition coefficient (Wildman–Crippen LogP) is 0.341. The Balaban J connectivity index is 1.94. The third-order valence-electron chi connectivity index (χ3n) is 4.98. The Hall–Kier alpha value is -0.400. The largest absolute Gasteiger partial charge is 0.390 e. The average Bonchev–Trinajstić information content (AvgIpc) is 2.89. The van der Waals surface area contributed by atoms with E-state index in [9.17, 15) is 15.0 Å². The van der Waals surface area contributed by atoms with Gasteiger partial charge in [-0.1, -0.05) is 13.3 Å². The molecule has 0 aliphatic carbocycles. The van der Waals surface area contributed by atoms with E-state index in [1.807, 2.05) is 7.05 Å². The van der Waals surface area contributed by atoms with Gasteiger partial charge in [0.05, 0.1) is 18.2 Å². The van der Waals surface area contributed by atoms with Crippen molar-refractivity contribution >= 4 is 17.5 Å². The lowest BCUT2D eigenvalue weighted by Gasteiger charge is -2.37. The highest BCUT2D eigenvalue weighted by molar-refractivity contribution is 6.18. The molecule has 0 radical (unpaired) electrons. The van der Waals surface area contributed by atoms with Crippen LogP contribution >= 0.6 is 11.6 Å². The number of aliphatic hydroxyl groups excluding tert-OH is 2. The molecule has 2 saturated heterocycles. The van der Waals surface area contributed by atoms with E-state index in [2.05, 4.69) is 17.1 Å². The maximum Gasteiger partial charge on any atom is 0.237 e. The second-order valence-corrected chi connectivity index (χ2v) is 7.11.